The van der Waals surface area contributed by atoms with Crippen LogP contribution in [0.3, 0.4) is 0 Å². The third kappa shape index (κ3) is 5.43. The summed E-state index contributed by atoms with van der Waals surface area (Å²) in [6.07, 6.45) is 3.21. The van der Waals surface area contributed by atoms with Gasteiger partial charge in [-0.15, -0.1) is 11.3 Å². The van der Waals surface area contributed by atoms with E-state index in [2.05, 4.69) is 34.5 Å². The van der Waals surface area contributed by atoms with Crippen molar-refractivity contribution in [1.82, 2.24) is 9.80 Å². The Balaban J connectivity index is 1.68. The molecule has 0 unspecified atom stereocenters. The van der Waals surface area contributed by atoms with Crippen molar-refractivity contribution in [3.05, 3.63) is 51.9 Å². The lowest BCUT2D eigenvalue weighted by atomic mass is 9.90. The van der Waals surface area contributed by atoms with Gasteiger partial charge in [-0.1, -0.05) is 30.3 Å². The lowest BCUT2D eigenvalue weighted by molar-refractivity contribution is 0.0601. The second-order valence-corrected chi connectivity index (χ2v) is 9.41. The van der Waals surface area contributed by atoms with Crippen molar-refractivity contribution in [2.24, 2.45) is 5.92 Å². The van der Waals surface area contributed by atoms with Crippen molar-refractivity contribution in [1.29, 1.82) is 0 Å². The van der Waals surface area contributed by atoms with E-state index in [0.717, 1.165) is 32.4 Å². The molecule has 1 amide bonds. The summed E-state index contributed by atoms with van der Waals surface area (Å²) in [5.41, 5.74) is 2.36. The van der Waals surface area contributed by atoms with Crippen LogP contribution in [0.2, 0.25) is 0 Å². The van der Waals surface area contributed by atoms with E-state index in [1.54, 1.807) is 21.0 Å². The first-order valence-corrected chi connectivity index (χ1v) is 11.6. The predicted molar refractivity (Wildman–Crippen MR) is 129 cm³/mol. The standard InChI is InChI=1S/C23H29N3O3S2/c1-15-18(22(28)29-4)20(31-19(15)21(27)25(2)3)24-23(30)26-12-10-17(11-13-26)14-16-8-6-5-7-9-16/h5-9,17H,10-14H2,1-4H3,(H,24,30). The van der Waals surface area contributed by atoms with Crippen LogP contribution in [0.25, 0.3) is 0 Å². The molecule has 0 radical (unpaired) electrons. The van der Waals surface area contributed by atoms with Crippen molar-refractivity contribution >= 4 is 45.5 Å². The molecule has 1 aromatic heterocycles. The number of methoxy groups -OCH3 is 1. The minimum absolute atomic E-state index is 0.145. The Hall–Kier alpha value is -2.45. The zero-order valence-corrected chi connectivity index (χ0v) is 20.1. The molecular formula is C23H29N3O3S2. The van der Waals surface area contributed by atoms with Crippen molar-refractivity contribution in [2.75, 3.05) is 39.6 Å². The van der Waals surface area contributed by atoms with Crippen molar-refractivity contribution in [2.45, 2.75) is 26.2 Å². The van der Waals surface area contributed by atoms with E-state index in [0.29, 0.717) is 32.0 Å². The number of carbonyl (C=O) groups excluding carboxylic acids is 2. The molecule has 0 spiro atoms. The summed E-state index contributed by atoms with van der Waals surface area (Å²) >= 11 is 6.89. The molecule has 166 valence electrons. The fourth-order valence-corrected chi connectivity index (χ4v) is 5.38. The SMILES string of the molecule is COC(=O)c1c(NC(=S)N2CCC(Cc3ccccc3)CC2)sc(C(=O)N(C)C)c1C. The summed E-state index contributed by atoms with van der Waals surface area (Å²) in [5, 5.41) is 4.36. The Morgan fingerprint density at radius 1 is 1.23 bits per heavy atom. The molecule has 1 aliphatic rings. The maximum absolute atomic E-state index is 12.5. The Labute approximate surface area is 193 Å². The number of hydrogen-bond donors (Lipinski definition) is 1. The van der Waals surface area contributed by atoms with Gasteiger partial charge in [0.15, 0.2) is 5.11 Å². The number of esters is 1. The van der Waals surface area contributed by atoms with Crippen LogP contribution < -0.4 is 5.32 Å². The van der Waals surface area contributed by atoms with E-state index in [1.807, 2.05) is 6.07 Å². The minimum atomic E-state index is -0.474. The molecule has 8 heteroatoms. The second kappa shape index (κ2) is 10.2. The normalized spacial score (nSPS) is 14.3. The highest BCUT2D eigenvalue weighted by Crippen LogP contribution is 2.35. The molecule has 6 nitrogen and oxygen atoms in total. The fourth-order valence-electron chi connectivity index (χ4n) is 3.82. The zero-order chi connectivity index (χ0) is 22.5. The van der Waals surface area contributed by atoms with E-state index in [4.69, 9.17) is 17.0 Å². The first kappa shape index (κ1) is 23.2. The van der Waals surface area contributed by atoms with Gasteiger partial charge in [0.05, 0.1) is 17.6 Å². The highest BCUT2D eigenvalue weighted by molar-refractivity contribution is 7.80. The summed E-state index contributed by atoms with van der Waals surface area (Å²) in [7, 11) is 4.72. The number of nitrogens with zero attached hydrogens (tertiary/aromatic N) is 2. The molecule has 3 rings (SSSR count). The number of thiophene rings is 1. The number of rotatable bonds is 5. The number of likely N-dealkylation sites (tertiary alicyclic amines) is 1. The van der Waals surface area contributed by atoms with Gasteiger partial charge in [-0.05, 0) is 55.4 Å². The summed E-state index contributed by atoms with van der Waals surface area (Å²) in [6.45, 7) is 3.50. The molecule has 0 saturated carbocycles. The molecule has 1 saturated heterocycles. The predicted octanol–water partition coefficient (Wildman–Crippen LogP) is 4.20. The van der Waals surface area contributed by atoms with Crippen LogP contribution in [-0.2, 0) is 11.2 Å². The summed E-state index contributed by atoms with van der Waals surface area (Å²) in [6, 6.07) is 10.6. The van der Waals surface area contributed by atoms with E-state index >= 15 is 0 Å². The largest absolute Gasteiger partial charge is 0.465 e. The van der Waals surface area contributed by atoms with Crippen LogP contribution in [0.1, 0.15) is 44.0 Å². The molecule has 0 atom stereocenters. The van der Waals surface area contributed by atoms with Crippen LogP contribution in [-0.4, -0.2) is 61.1 Å². The number of benzene rings is 1. The molecular weight excluding hydrogens is 430 g/mol. The Kier molecular flexibility index (Phi) is 7.67. The van der Waals surface area contributed by atoms with Gasteiger partial charge in [0.1, 0.15) is 5.00 Å². The molecule has 0 bridgehead atoms. The van der Waals surface area contributed by atoms with Crippen LogP contribution in [0.5, 0.6) is 0 Å². The number of anilines is 1. The van der Waals surface area contributed by atoms with Crippen molar-refractivity contribution in [3.8, 4) is 0 Å². The molecule has 0 aliphatic carbocycles. The van der Waals surface area contributed by atoms with Crippen LogP contribution in [0.15, 0.2) is 30.3 Å². The maximum atomic E-state index is 12.5. The van der Waals surface area contributed by atoms with Gasteiger partial charge in [-0.25, -0.2) is 4.79 Å². The van der Waals surface area contributed by atoms with E-state index in [9.17, 15) is 9.59 Å². The third-order valence-electron chi connectivity index (χ3n) is 5.63. The lowest BCUT2D eigenvalue weighted by Crippen LogP contribution is -2.41. The summed E-state index contributed by atoms with van der Waals surface area (Å²) in [4.78, 5) is 29.1. The quantitative estimate of drug-likeness (QED) is 0.534. The van der Waals surface area contributed by atoms with Gasteiger partial charge < -0.3 is 19.9 Å². The number of amides is 1. The van der Waals surface area contributed by atoms with Gasteiger partial charge in [0.2, 0.25) is 0 Å². The third-order valence-corrected chi connectivity index (χ3v) is 7.18. The van der Waals surface area contributed by atoms with Crippen LogP contribution in [0.4, 0.5) is 5.00 Å². The number of ether oxygens (including phenoxy) is 1. The highest BCUT2D eigenvalue weighted by atomic mass is 32.1. The number of piperidine rings is 1. The average Bonchev–Trinajstić information content (AvgIpc) is 3.09. The number of hydrogen-bond acceptors (Lipinski definition) is 5. The van der Waals surface area contributed by atoms with Crippen molar-refractivity contribution < 1.29 is 14.3 Å². The number of nitrogens with one attached hydrogen (secondary N) is 1. The molecule has 2 aromatic rings. The average molecular weight is 460 g/mol. The van der Waals surface area contributed by atoms with E-state index in [-0.39, 0.29) is 5.91 Å². The molecule has 1 aromatic carbocycles. The van der Waals surface area contributed by atoms with Gasteiger partial charge in [-0.3, -0.25) is 4.79 Å². The second-order valence-electron chi connectivity index (χ2n) is 8.00. The highest BCUT2D eigenvalue weighted by Gasteiger charge is 2.28. The molecule has 2 heterocycles. The van der Waals surface area contributed by atoms with Gasteiger partial charge in [0.25, 0.3) is 5.91 Å². The topological polar surface area (TPSA) is 61.9 Å². The van der Waals surface area contributed by atoms with Crippen LogP contribution >= 0.6 is 23.6 Å². The Bertz CT molecular complexity index is 948. The molecule has 1 fully saturated rings. The first-order chi connectivity index (χ1) is 14.8. The van der Waals surface area contributed by atoms with Gasteiger partial charge >= 0.3 is 5.97 Å². The van der Waals surface area contributed by atoms with Crippen molar-refractivity contribution in [3.63, 3.8) is 0 Å². The zero-order valence-electron chi connectivity index (χ0n) is 18.4. The molecule has 1 N–H and O–H groups in total. The Morgan fingerprint density at radius 2 is 1.87 bits per heavy atom. The van der Waals surface area contributed by atoms with E-state index < -0.39 is 5.97 Å². The number of carbonyl (C=O) groups is 2. The van der Waals surface area contributed by atoms with Gasteiger partial charge in [0, 0.05) is 27.2 Å². The molecule has 31 heavy (non-hydrogen) atoms. The van der Waals surface area contributed by atoms with E-state index in [1.165, 1.54) is 28.9 Å². The minimum Gasteiger partial charge on any atom is -0.465 e. The monoisotopic (exact) mass is 459 g/mol. The molecule has 1 aliphatic heterocycles. The maximum Gasteiger partial charge on any atom is 0.341 e. The smallest absolute Gasteiger partial charge is 0.341 e. The Morgan fingerprint density at radius 3 is 2.45 bits per heavy atom. The fraction of sp³-hybridized carbons (Fsp3) is 0.435. The summed E-state index contributed by atoms with van der Waals surface area (Å²) in [5.74, 6) is 0.0205. The summed E-state index contributed by atoms with van der Waals surface area (Å²) < 4.78 is 4.95. The van der Waals surface area contributed by atoms with Gasteiger partial charge in [-0.2, -0.15) is 0 Å². The number of thiocarbonyl (C=S) groups is 1. The van der Waals surface area contributed by atoms with Crippen LogP contribution in [0, 0.1) is 12.8 Å². The first-order valence-electron chi connectivity index (χ1n) is 10.3. The lowest BCUT2D eigenvalue weighted by Gasteiger charge is -2.33.